The van der Waals surface area contributed by atoms with Crippen LogP contribution in [-0.2, 0) is 22.6 Å². The predicted octanol–water partition coefficient (Wildman–Crippen LogP) is 12.1. The van der Waals surface area contributed by atoms with E-state index < -0.39 is 23.1 Å². The smallest absolute Gasteiger partial charge is 0.340 e. The Kier molecular flexibility index (Phi) is 17.7. The number of hydrogen-bond donors (Lipinski definition) is 2. The van der Waals surface area contributed by atoms with Gasteiger partial charge in [0.15, 0.2) is 23.1 Å². The molecule has 2 aromatic heterocycles. The Morgan fingerprint density at radius 2 is 1.00 bits per heavy atom. The molecule has 0 spiro atoms. The molecule has 4 aromatic rings. The molecule has 0 aliphatic heterocycles. The second-order valence-corrected chi connectivity index (χ2v) is 19.9. The third kappa shape index (κ3) is 11.9. The lowest BCUT2D eigenvalue weighted by molar-refractivity contribution is -0.0181. The van der Waals surface area contributed by atoms with Crippen LogP contribution in [0.5, 0.6) is 11.8 Å². The third-order valence-corrected chi connectivity index (χ3v) is 14.2. The normalized spacial score (nSPS) is 20.5. The lowest BCUT2D eigenvalue weighted by Gasteiger charge is -2.36. The van der Waals surface area contributed by atoms with Crippen molar-refractivity contribution in [1.82, 2.24) is 9.13 Å². The van der Waals surface area contributed by atoms with Crippen molar-refractivity contribution in [1.29, 1.82) is 10.5 Å². The van der Waals surface area contributed by atoms with Crippen LogP contribution < -0.4 is 11.1 Å². The lowest BCUT2D eigenvalue weighted by Crippen LogP contribution is -2.35. The minimum absolute atomic E-state index is 0.0677. The maximum Gasteiger partial charge on any atom is 0.340 e. The fourth-order valence-corrected chi connectivity index (χ4v) is 9.99. The Morgan fingerprint density at radius 3 is 1.36 bits per heavy atom. The van der Waals surface area contributed by atoms with Crippen LogP contribution in [0.2, 0.25) is 0 Å². The standard InChI is InChI=1S/C54H66N8O8/c1-31(2)37-23-21-33(5)27-45(37)69-53(67)39-17-11-13-19-43(39)57-59-47-41(29-55)35(7)49(63)61(51(47)65)25-15-9-10-16-26-62-50(64)36(8)42(30-56)48(52(62)66)60-58-44-20-14-12-18-40(44)54(68)70-46-28-34(6)22-24-38(46)32(3)4/h11-14,17-20,31-34,37-38,45-46,63-64H,9-10,15-16,21-28H2,1-8H3. The monoisotopic (exact) mass is 955 g/mol. The first kappa shape index (κ1) is 52.4. The van der Waals surface area contributed by atoms with Crippen molar-refractivity contribution in [2.45, 2.75) is 145 Å². The molecule has 16 nitrogen and oxygen atoms in total. The molecular formula is C54H66N8O8. The molecule has 6 unspecified atom stereocenters. The van der Waals surface area contributed by atoms with Crippen molar-refractivity contribution < 1.29 is 29.3 Å². The van der Waals surface area contributed by atoms with E-state index in [-0.39, 0.29) is 105 Å². The molecule has 16 heteroatoms. The van der Waals surface area contributed by atoms with Gasteiger partial charge in [-0.15, -0.1) is 20.5 Å². The Morgan fingerprint density at radius 1 is 0.629 bits per heavy atom. The fourth-order valence-electron chi connectivity index (χ4n) is 9.99. The van der Waals surface area contributed by atoms with Crippen molar-refractivity contribution in [2.24, 2.45) is 56.0 Å². The van der Waals surface area contributed by atoms with Crippen LogP contribution in [0.15, 0.2) is 78.6 Å². The van der Waals surface area contributed by atoms with E-state index in [9.17, 15) is 39.9 Å². The average molecular weight is 955 g/mol. The third-order valence-electron chi connectivity index (χ3n) is 14.2. The largest absolute Gasteiger partial charge is 0.494 e. The number of rotatable bonds is 17. The van der Waals surface area contributed by atoms with E-state index in [1.807, 2.05) is 12.1 Å². The predicted molar refractivity (Wildman–Crippen MR) is 264 cm³/mol. The number of nitriles is 2. The number of esters is 2. The number of carbonyl (C=O) groups excluding carboxylic acids is 2. The van der Waals surface area contributed by atoms with E-state index in [0.29, 0.717) is 49.4 Å². The molecule has 0 saturated heterocycles. The number of hydrogen-bond acceptors (Lipinski definition) is 14. The highest BCUT2D eigenvalue weighted by atomic mass is 16.5. The SMILES string of the molecule is Cc1c(C#N)c(N=Nc2ccccc2C(=O)OC2CC(C)CCC2C(C)C)c(=O)n(CCCCCCn2c(O)c(C)c(C#N)c(N=Nc3ccccc3C(=O)OC3CC(C)CCC3C(C)C)c2=O)c1O. The molecule has 2 aromatic carbocycles. The molecule has 370 valence electrons. The van der Waals surface area contributed by atoms with Crippen molar-refractivity contribution in [3.8, 4) is 23.9 Å². The fraction of sp³-hybridized carbons (Fsp3) is 0.519. The number of nitrogens with zero attached hydrogens (tertiary/aromatic N) is 8. The zero-order chi connectivity index (χ0) is 50.8. The summed E-state index contributed by atoms with van der Waals surface area (Å²) in [6.45, 7) is 16.0. The first-order valence-corrected chi connectivity index (χ1v) is 24.6. The summed E-state index contributed by atoms with van der Waals surface area (Å²) in [6, 6.07) is 17.0. The maximum atomic E-state index is 13.9. The van der Waals surface area contributed by atoms with E-state index in [1.165, 1.54) is 13.8 Å². The van der Waals surface area contributed by atoms with Crippen LogP contribution in [-0.4, -0.2) is 43.5 Å². The van der Waals surface area contributed by atoms with E-state index in [4.69, 9.17) is 9.47 Å². The van der Waals surface area contributed by atoms with Crippen LogP contribution in [0, 0.1) is 72.0 Å². The average Bonchev–Trinajstić information content (AvgIpc) is 3.33. The van der Waals surface area contributed by atoms with E-state index in [1.54, 1.807) is 48.5 Å². The van der Waals surface area contributed by atoms with Gasteiger partial charge in [0.2, 0.25) is 0 Å². The van der Waals surface area contributed by atoms with Gasteiger partial charge in [0.1, 0.15) is 35.7 Å². The molecule has 6 rings (SSSR count). The number of benzene rings is 2. The van der Waals surface area contributed by atoms with Gasteiger partial charge in [-0.3, -0.25) is 18.7 Å². The zero-order valence-corrected chi connectivity index (χ0v) is 41.6. The Bertz CT molecular complexity index is 2640. The van der Waals surface area contributed by atoms with Gasteiger partial charge >= 0.3 is 11.9 Å². The zero-order valence-electron chi connectivity index (χ0n) is 41.6. The van der Waals surface area contributed by atoms with E-state index in [0.717, 1.165) is 47.7 Å². The van der Waals surface area contributed by atoms with E-state index >= 15 is 0 Å². The number of aromatic hydroxyl groups is 2. The van der Waals surface area contributed by atoms with Crippen LogP contribution in [0.3, 0.4) is 0 Å². The molecule has 2 N–H and O–H groups in total. The number of carbonyl (C=O) groups is 2. The lowest BCUT2D eigenvalue weighted by atomic mass is 9.75. The summed E-state index contributed by atoms with van der Waals surface area (Å²) in [5.41, 5.74) is -1.33. The summed E-state index contributed by atoms with van der Waals surface area (Å²) < 4.78 is 14.4. The minimum atomic E-state index is -0.733. The van der Waals surface area contributed by atoms with Gasteiger partial charge < -0.3 is 19.7 Å². The molecule has 2 aliphatic rings. The number of ether oxygens (including phenoxy) is 2. The summed E-state index contributed by atoms with van der Waals surface area (Å²) >= 11 is 0. The number of aromatic nitrogens is 2. The summed E-state index contributed by atoms with van der Waals surface area (Å²) in [5, 5.41) is 59.2. The maximum absolute atomic E-state index is 13.9. The second kappa shape index (κ2) is 23.6. The Labute approximate surface area is 409 Å². The molecule has 2 aliphatic carbocycles. The molecule has 70 heavy (non-hydrogen) atoms. The first-order chi connectivity index (χ1) is 33.5. The van der Waals surface area contributed by atoms with Gasteiger partial charge in [0.05, 0.1) is 22.3 Å². The van der Waals surface area contributed by atoms with Gasteiger partial charge in [-0.05, 0) is 112 Å². The number of azo groups is 2. The highest BCUT2D eigenvalue weighted by molar-refractivity contribution is 5.95. The molecule has 6 atom stereocenters. The Hall–Kier alpha value is -6.94. The second-order valence-electron chi connectivity index (χ2n) is 19.9. The molecule has 2 saturated carbocycles. The van der Waals surface area contributed by atoms with Gasteiger partial charge in [-0.1, -0.05) is 91.5 Å². The number of pyridine rings is 2. The van der Waals surface area contributed by atoms with Gasteiger partial charge in [-0.2, -0.15) is 10.5 Å². The van der Waals surface area contributed by atoms with Crippen LogP contribution >= 0.6 is 0 Å². The van der Waals surface area contributed by atoms with Crippen LogP contribution in [0.25, 0.3) is 0 Å². The summed E-state index contributed by atoms with van der Waals surface area (Å²) in [7, 11) is 0. The van der Waals surface area contributed by atoms with Crippen molar-refractivity contribution in [3.63, 3.8) is 0 Å². The molecule has 0 amide bonds. The minimum Gasteiger partial charge on any atom is -0.494 e. The molecule has 2 fully saturated rings. The summed E-state index contributed by atoms with van der Waals surface area (Å²) in [5.74, 6) is 0.153. The van der Waals surface area contributed by atoms with Gasteiger partial charge in [-0.25, -0.2) is 9.59 Å². The van der Waals surface area contributed by atoms with Crippen molar-refractivity contribution >= 4 is 34.7 Å². The van der Waals surface area contributed by atoms with Gasteiger partial charge in [0, 0.05) is 24.2 Å². The Balaban J connectivity index is 1.13. The quantitative estimate of drug-likeness (QED) is 0.0577. The summed E-state index contributed by atoms with van der Waals surface area (Å²) in [6.07, 6.45) is 7.04. The van der Waals surface area contributed by atoms with Gasteiger partial charge in [0.25, 0.3) is 11.1 Å². The molecule has 2 heterocycles. The molecular weight excluding hydrogens is 889 g/mol. The molecule has 0 radical (unpaired) electrons. The summed E-state index contributed by atoms with van der Waals surface area (Å²) in [4.78, 5) is 54.8. The highest BCUT2D eigenvalue weighted by Crippen LogP contribution is 2.38. The van der Waals surface area contributed by atoms with Crippen molar-refractivity contribution in [3.05, 3.63) is 103 Å². The van der Waals surface area contributed by atoms with E-state index in [2.05, 4.69) is 62.0 Å². The highest BCUT2D eigenvalue weighted by Gasteiger charge is 2.35. The number of unbranched alkanes of at least 4 members (excludes halogenated alkanes) is 3. The van der Waals surface area contributed by atoms with Crippen LogP contribution in [0.1, 0.15) is 149 Å². The first-order valence-electron chi connectivity index (χ1n) is 24.6. The topological polar surface area (TPSA) is 234 Å². The van der Waals surface area contributed by atoms with Crippen molar-refractivity contribution in [2.75, 3.05) is 0 Å². The molecule has 0 bridgehead atoms. The van der Waals surface area contributed by atoms with Crippen LogP contribution in [0.4, 0.5) is 22.7 Å².